The molecule has 0 aromatic heterocycles. The second-order valence-electron chi connectivity index (χ2n) is 4.44. The van der Waals surface area contributed by atoms with Crippen LogP contribution in [-0.4, -0.2) is 44.1 Å². The van der Waals surface area contributed by atoms with Gasteiger partial charge in [0.2, 0.25) is 0 Å². The molecular weight excluding hydrogens is 228 g/mol. The molecule has 0 aliphatic heterocycles. The van der Waals surface area contributed by atoms with E-state index in [0.717, 1.165) is 12.2 Å². The van der Waals surface area contributed by atoms with Gasteiger partial charge in [-0.2, -0.15) is 0 Å². The standard InChI is InChI=1S/C14H24N2O2/c1-4-16(13-8-6-5-7-11(13)2)14(9-17)12(15)10-18-3/h5-8,12,14,17H,4,9-10,15H2,1-3H3. The monoisotopic (exact) mass is 252 g/mol. The van der Waals surface area contributed by atoms with Crippen LogP contribution in [0.15, 0.2) is 24.3 Å². The van der Waals surface area contributed by atoms with Gasteiger partial charge in [-0.15, -0.1) is 0 Å². The van der Waals surface area contributed by atoms with Crippen LogP contribution in [0.5, 0.6) is 0 Å². The van der Waals surface area contributed by atoms with Crippen molar-refractivity contribution in [2.24, 2.45) is 5.73 Å². The van der Waals surface area contributed by atoms with Crippen LogP contribution in [0, 0.1) is 6.92 Å². The van der Waals surface area contributed by atoms with E-state index in [9.17, 15) is 5.11 Å². The number of nitrogens with zero attached hydrogens (tertiary/aromatic N) is 1. The highest BCUT2D eigenvalue weighted by molar-refractivity contribution is 5.54. The molecule has 0 bridgehead atoms. The molecule has 0 radical (unpaired) electrons. The summed E-state index contributed by atoms with van der Waals surface area (Å²) >= 11 is 0. The van der Waals surface area contributed by atoms with Gasteiger partial charge in [-0.25, -0.2) is 0 Å². The number of ether oxygens (including phenoxy) is 1. The van der Waals surface area contributed by atoms with E-state index < -0.39 is 0 Å². The maximum atomic E-state index is 9.60. The van der Waals surface area contributed by atoms with Crippen LogP contribution in [-0.2, 0) is 4.74 Å². The lowest BCUT2D eigenvalue weighted by Crippen LogP contribution is -2.52. The Hall–Kier alpha value is -1.10. The van der Waals surface area contributed by atoms with Gasteiger partial charge in [-0.1, -0.05) is 18.2 Å². The minimum atomic E-state index is -0.209. The first-order valence-electron chi connectivity index (χ1n) is 6.33. The molecule has 1 aromatic rings. The van der Waals surface area contributed by atoms with Crippen molar-refractivity contribution in [3.05, 3.63) is 29.8 Å². The molecule has 2 atom stereocenters. The molecule has 0 saturated carbocycles. The first kappa shape index (κ1) is 15.0. The number of aliphatic hydroxyl groups is 1. The van der Waals surface area contributed by atoms with Gasteiger partial charge in [0.15, 0.2) is 0 Å². The van der Waals surface area contributed by atoms with Crippen LogP contribution in [0.1, 0.15) is 12.5 Å². The number of anilines is 1. The molecule has 0 spiro atoms. The van der Waals surface area contributed by atoms with Crippen LogP contribution < -0.4 is 10.6 Å². The van der Waals surface area contributed by atoms with Crippen molar-refractivity contribution in [3.63, 3.8) is 0 Å². The van der Waals surface area contributed by atoms with Gasteiger partial charge >= 0.3 is 0 Å². The molecule has 0 heterocycles. The van der Waals surface area contributed by atoms with E-state index in [1.165, 1.54) is 5.56 Å². The Morgan fingerprint density at radius 1 is 1.39 bits per heavy atom. The fourth-order valence-electron chi connectivity index (χ4n) is 2.24. The van der Waals surface area contributed by atoms with Gasteiger partial charge in [0, 0.05) is 19.3 Å². The highest BCUT2D eigenvalue weighted by Crippen LogP contribution is 2.22. The van der Waals surface area contributed by atoms with E-state index in [0.29, 0.717) is 6.61 Å². The predicted octanol–water partition coefficient (Wildman–Crippen LogP) is 1.16. The van der Waals surface area contributed by atoms with E-state index in [1.54, 1.807) is 7.11 Å². The Labute approximate surface area is 109 Å². The average Bonchev–Trinajstić information content (AvgIpc) is 2.37. The second-order valence-corrected chi connectivity index (χ2v) is 4.44. The highest BCUT2D eigenvalue weighted by atomic mass is 16.5. The number of para-hydroxylation sites is 1. The molecule has 0 aliphatic carbocycles. The fraction of sp³-hybridized carbons (Fsp3) is 0.571. The Balaban J connectivity index is 2.96. The minimum Gasteiger partial charge on any atom is -0.394 e. The van der Waals surface area contributed by atoms with Crippen LogP contribution in [0.4, 0.5) is 5.69 Å². The van der Waals surface area contributed by atoms with Crippen LogP contribution >= 0.6 is 0 Å². The molecule has 0 aliphatic rings. The Bertz CT molecular complexity index is 357. The molecule has 18 heavy (non-hydrogen) atoms. The zero-order chi connectivity index (χ0) is 13.5. The summed E-state index contributed by atoms with van der Waals surface area (Å²) in [6.45, 7) is 5.39. The number of aryl methyl sites for hydroxylation is 1. The molecule has 2 unspecified atom stereocenters. The first-order chi connectivity index (χ1) is 8.65. The van der Waals surface area contributed by atoms with Gasteiger partial charge in [-0.05, 0) is 25.5 Å². The molecule has 1 aromatic carbocycles. The van der Waals surface area contributed by atoms with Gasteiger partial charge < -0.3 is 20.5 Å². The number of benzene rings is 1. The van der Waals surface area contributed by atoms with E-state index in [2.05, 4.69) is 30.9 Å². The van der Waals surface area contributed by atoms with Gasteiger partial charge in [0.25, 0.3) is 0 Å². The first-order valence-corrected chi connectivity index (χ1v) is 6.33. The smallest absolute Gasteiger partial charge is 0.0694 e. The summed E-state index contributed by atoms with van der Waals surface area (Å²) in [4.78, 5) is 2.14. The molecule has 3 N–H and O–H groups in total. The van der Waals surface area contributed by atoms with Crippen molar-refractivity contribution in [2.75, 3.05) is 31.8 Å². The Kier molecular flexibility index (Phi) is 6.12. The second kappa shape index (κ2) is 7.36. The summed E-state index contributed by atoms with van der Waals surface area (Å²) in [5, 5.41) is 9.60. The number of aliphatic hydroxyl groups excluding tert-OH is 1. The zero-order valence-electron chi connectivity index (χ0n) is 11.5. The van der Waals surface area contributed by atoms with Crippen LogP contribution in [0.3, 0.4) is 0 Å². The van der Waals surface area contributed by atoms with Crippen molar-refractivity contribution in [1.82, 2.24) is 0 Å². The molecule has 0 amide bonds. The molecule has 4 nitrogen and oxygen atoms in total. The maximum absolute atomic E-state index is 9.60. The predicted molar refractivity (Wildman–Crippen MR) is 74.9 cm³/mol. The van der Waals surface area contributed by atoms with Crippen LogP contribution in [0.25, 0.3) is 0 Å². The summed E-state index contributed by atoms with van der Waals surface area (Å²) in [5.41, 5.74) is 8.38. The minimum absolute atomic E-state index is 0.0205. The maximum Gasteiger partial charge on any atom is 0.0694 e. The van der Waals surface area contributed by atoms with Crippen LogP contribution in [0.2, 0.25) is 0 Å². The number of hydrogen-bond donors (Lipinski definition) is 2. The normalized spacial score (nSPS) is 14.3. The lowest BCUT2D eigenvalue weighted by molar-refractivity contribution is 0.149. The summed E-state index contributed by atoms with van der Waals surface area (Å²) in [6, 6.07) is 7.79. The quantitative estimate of drug-likeness (QED) is 0.764. The lowest BCUT2D eigenvalue weighted by Gasteiger charge is -2.36. The summed E-state index contributed by atoms with van der Waals surface area (Å²) < 4.78 is 5.08. The molecule has 1 rings (SSSR count). The summed E-state index contributed by atoms with van der Waals surface area (Å²) in [7, 11) is 1.62. The average molecular weight is 252 g/mol. The van der Waals surface area contributed by atoms with Crippen molar-refractivity contribution >= 4 is 5.69 Å². The molecular formula is C14H24N2O2. The third kappa shape index (κ3) is 3.45. The number of rotatable bonds is 7. The summed E-state index contributed by atoms with van der Waals surface area (Å²) in [6.07, 6.45) is 0. The third-order valence-electron chi connectivity index (χ3n) is 3.21. The highest BCUT2D eigenvalue weighted by Gasteiger charge is 2.24. The van der Waals surface area contributed by atoms with Crippen molar-refractivity contribution in [1.29, 1.82) is 0 Å². The fourth-order valence-corrected chi connectivity index (χ4v) is 2.24. The SMILES string of the molecule is CCN(c1ccccc1C)C(CO)C(N)COC. The summed E-state index contributed by atoms with van der Waals surface area (Å²) in [5.74, 6) is 0. The topological polar surface area (TPSA) is 58.7 Å². The molecule has 102 valence electrons. The van der Waals surface area contributed by atoms with E-state index in [-0.39, 0.29) is 18.7 Å². The van der Waals surface area contributed by atoms with E-state index in [1.807, 2.05) is 12.1 Å². The largest absolute Gasteiger partial charge is 0.394 e. The van der Waals surface area contributed by atoms with Crippen molar-refractivity contribution < 1.29 is 9.84 Å². The number of methoxy groups -OCH3 is 1. The molecule has 0 saturated heterocycles. The number of hydrogen-bond acceptors (Lipinski definition) is 4. The number of likely N-dealkylation sites (N-methyl/N-ethyl adjacent to an activating group) is 1. The van der Waals surface area contributed by atoms with Gasteiger partial charge in [0.1, 0.15) is 0 Å². The Morgan fingerprint density at radius 3 is 2.56 bits per heavy atom. The Morgan fingerprint density at radius 2 is 2.06 bits per heavy atom. The van der Waals surface area contributed by atoms with Gasteiger partial charge in [-0.3, -0.25) is 0 Å². The third-order valence-corrected chi connectivity index (χ3v) is 3.21. The lowest BCUT2D eigenvalue weighted by atomic mass is 10.1. The van der Waals surface area contributed by atoms with E-state index in [4.69, 9.17) is 10.5 Å². The number of nitrogens with two attached hydrogens (primary N) is 1. The van der Waals surface area contributed by atoms with Crippen molar-refractivity contribution in [2.45, 2.75) is 25.9 Å². The van der Waals surface area contributed by atoms with E-state index >= 15 is 0 Å². The molecule has 4 heteroatoms. The van der Waals surface area contributed by atoms with Crippen molar-refractivity contribution in [3.8, 4) is 0 Å². The molecule has 0 fully saturated rings. The van der Waals surface area contributed by atoms with Gasteiger partial charge in [0.05, 0.1) is 25.3 Å². The zero-order valence-corrected chi connectivity index (χ0v) is 11.5.